The number of rotatable bonds is 5. The van der Waals surface area contributed by atoms with Crippen LogP contribution in [0.25, 0.3) is 0 Å². The van der Waals surface area contributed by atoms with Crippen molar-refractivity contribution in [2.45, 2.75) is 22.6 Å². The molecule has 1 aromatic rings. The van der Waals surface area contributed by atoms with Crippen molar-refractivity contribution in [2.24, 2.45) is 0 Å². The van der Waals surface area contributed by atoms with E-state index in [4.69, 9.17) is 21.4 Å². The van der Waals surface area contributed by atoms with E-state index in [1.54, 1.807) is 0 Å². The van der Waals surface area contributed by atoms with Crippen LogP contribution < -0.4 is 0 Å². The third-order valence-corrected chi connectivity index (χ3v) is 4.95. The smallest absolute Gasteiger partial charge is 0.212 e. The molecule has 0 aliphatic heterocycles. The fraction of sp³-hybridized carbons (Fsp3) is 0.400. The first-order chi connectivity index (χ1) is 8.99. The van der Waals surface area contributed by atoms with Crippen molar-refractivity contribution in [3.63, 3.8) is 0 Å². The van der Waals surface area contributed by atoms with Crippen molar-refractivity contribution < 1.29 is 16.8 Å². The van der Waals surface area contributed by atoms with Gasteiger partial charge in [0.05, 0.1) is 11.5 Å². The minimum absolute atomic E-state index is 0.206. The van der Waals surface area contributed by atoms with E-state index in [9.17, 15) is 16.8 Å². The SMILES string of the molecule is O=S(=O)(Cl)CCCCS(=O)(=O)Cl.Sc1ccc(S)cc1. The lowest BCUT2D eigenvalue weighted by atomic mass is 10.4. The predicted molar refractivity (Wildman–Crippen MR) is 89.5 cm³/mol. The molecule has 116 valence electrons. The molecule has 0 bridgehead atoms. The zero-order valence-corrected chi connectivity index (χ0v) is 15.2. The molecule has 20 heavy (non-hydrogen) atoms. The second kappa shape index (κ2) is 9.42. The maximum absolute atomic E-state index is 10.3. The lowest BCUT2D eigenvalue weighted by Crippen LogP contribution is -2.02. The Balaban J connectivity index is 0.000000388. The Kier molecular flexibility index (Phi) is 9.61. The van der Waals surface area contributed by atoms with Crippen molar-refractivity contribution in [1.29, 1.82) is 0 Å². The highest BCUT2D eigenvalue weighted by Gasteiger charge is 2.08. The Morgan fingerprint density at radius 2 is 1.00 bits per heavy atom. The average molecular weight is 397 g/mol. The van der Waals surface area contributed by atoms with E-state index in [0.717, 1.165) is 9.79 Å². The molecular formula is C10H14Cl2O4S4. The maximum Gasteiger partial charge on any atom is 0.232 e. The molecular weight excluding hydrogens is 383 g/mol. The van der Waals surface area contributed by atoms with Gasteiger partial charge in [0.15, 0.2) is 0 Å². The summed E-state index contributed by atoms with van der Waals surface area (Å²) in [6.45, 7) is 0. The van der Waals surface area contributed by atoms with Gasteiger partial charge >= 0.3 is 0 Å². The molecule has 10 heteroatoms. The number of thiol groups is 2. The summed E-state index contributed by atoms with van der Waals surface area (Å²) in [5, 5.41) is 0. The summed E-state index contributed by atoms with van der Waals surface area (Å²) in [6.07, 6.45) is 0.412. The van der Waals surface area contributed by atoms with Gasteiger partial charge in [-0.15, -0.1) is 25.3 Å². The Bertz CT molecular complexity index is 542. The number of benzene rings is 1. The summed E-state index contributed by atoms with van der Waals surface area (Å²) in [7, 11) is 2.73. The molecule has 0 saturated carbocycles. The molecule has 0 aliphatic rings. The first-order valence-electron chi connectivity index (χ1n) is 5.32. The van der Waals surface area contributed by atoms with E-state index in [0.29, 0.717) is 0 Å². The van der Waals surface area contributed by atoms with E-state index in [1.807, 2.05) is 24.3 Å². The predicted octanol–water partition coefficient (Wildman–Crippen LogP) is 3.17. The normalized spacial score (nSPS) is 11.6. The zero-order valence-electron chi connectivity index (χ0n) is 10.2. The molecule has 4 nitrogen and oxygen atoms in total. The van der Waals surface area contributed by atoms with E-state index in [1.165, 1.54) is 0 Å². The average Bonchev–Trinajstić information content (AvgIpc) is 2.27. The number of hydrogen-bond acceptors (Lipinski definition) is 6. The minimum Gasteiger partial charge on any atom is -0.212 e. The molecule has 0 spiro atoms. The van der Waals surface area contributed by atoms with Gasteiger partial charge < -0.3 is 0 Å². The molecule has 1 aromatic carbocycles. The summed E-state index contributed by atoms with van der Waals surface area (Å²) in [5.74, 6) is -0.443. The van der Waals surface area contributed by atoms with Crippen LogP contribution in [0.5, 0.6) is 0 Å². The van der Waals surface area contributed by atoms with Crippen LogP contribution in [-0.4, -0.2) is 28.3 Å². The molecule has 0 fully saturated rings. The third kappa shape index (κ3) is 14.8. The Labute approximate surface area is 139 Å². The standard InChI is InChI=1S/C6H6S2.C4H8Cl2O4S2/c7-5-1-2-6(8)4-3-5;5-11(7,8)3-1-2-4-12(6,9)10/h1-4,7-8H;1-4H2. The molecule has 0 aliphatic carbocycles. The minimum atomic E-state index is -3.51. The Hall–Kier alpha value is 0.400. The highest BCUT2D eigenvalue weighted by atomic mass is 35.7. The Morgan fingerprint density at radius 1 is 0.750 bits per heavy atom. The van der Waals surface area contributed by atoms with Crippen LogP contribution in [0, 0.1) is 0 Å². The maximum atomic E-state index is 10.3. The van der Waals surface area contributed by atoms with Gasteiger partial charge in [-0.05, 0) is 37.1 Å². The third-order valence-electron chi connectivity index (χ3n) is 1.88. The molecule has 0 amide bonds. The van der Waals surface area contributed by atoms with Crippen LogP contribution in [-0.2, 0) is 18.1 Å². The van der Waals surface area contributed by atoms with Gasteiger partial charge in [0, 0.05) is 31.2 Å². The van der Waals surface area contributed by atoms with Crippen molar-refractivity contribution in [3.05, 3.63) is 24.3 Å². The van der Waals surface area contributed by atoms with Gasteiger partial charge in [0.1, 0.15) is 0 Å². The second-order valence-corrected chi connectivity index (χ2v) is 10.5. The molecule has 0 N–H and O–H groups in total. The number of unbranched alkanes of at least 4 members (excludes halogenated alkanes) is 1. The van der Waals surface area contributed by atoms with E-state index >= 15 is 0 Å². The van der Waals surface area contributed by atoms with Crippen LogP contribution >= 0.6 is 46.6 Å². The van der Waals surface area contributed by atoms with Gasteiger partial charge in [-0.25, -0.2) is 16.8 Å². The summed E-state index contributed by atoms with van der Waals surface area (Å²) < 4.78 is 41.4. The molecule has 0 saturated heterocycles. The number of hydrogen-bond donors (Lipinski definition) is 2. The van der Waals surface area contributed by atoms with E-state index in [-0.39, 0.29) is 24.3 Å². The highest BCUT2D eigenvalue weighted by molar-refractivity contribution is 8.14. The fourth-order valence-electron chi connectivity index (χ4n) is 1.00. The highest BCUT2D eigenvalue weighted by Crippen LogP contribution is 2.09. The van der Waals surface area contributed by atoms with Crippen molar-refractivity contribution in [2.75, 3.05) is 11.5 Å². The quantitative estimate of drug-likeness (QED) is 0.455. The van der Waals surface area contributed by atoms with Gasteiger partial charge in [-0.1, -0.05) is 0 Å². The van der Waals surface area contributed by atoms with Crippen LogP contribution in [0.15, 0.2) is 34.1 Å². The largest absolute Gasteiger partial charge is 0.232 e. The van der Waals surface area contributed by atoms with Gasteiger partial charge in [-0.3, -0.25) is 0 Å². The molecule has 0 aromatic heterocycles. The fourth-order valence-corrected chi connectivity index (χ4v) is 3.05. The molecule has 0 radical (unpaired) electrons. The topological polar surface area (TPSA) is 68.3 Å². The second-order valence-electron chi connectivity index (χ2n) is 3.71. The lowest BCUT2D eigenvalue weighted by molar-refractivity contribution is 0.599. The zero-order chi connectivity index (χ0) is 15.8. The summed E-state index contributed by atoms with van der Waals surface area (Å²) >= 11 is 8.20. The molecule has 0 unspecified atom stereocenters. The van der Waals surface area contributed by atoms with E-state index < -0.39 is 18.1 Å². The van der Waals surface area contributed by atoms with Crippen LogP contribution in [0.4, 0.5) is 0 Å². The summed E-state index contributed by atoms with van der Waals surface area (Å²) in [4.78, 5) is 1.95. The van der Waals surface area contributed by atoms with Crippen LogP contribution in [0.3, 0.4) is 0 Å². The van der Waals surface area contributed by atoms with Gasteiger partial charge in [0.2, 0.25) is 18.1 Å². The monoisotopic (exact) mass is 396 g/mol. The van der Waals surface area contributed by atoms with Crippen molar-refractivity contribution in [3.8, 4) is 0 Å². The molecule has 0 heterocycles. The van der Waals surface area contributed by atoms with Gasteiger partial charge in [-0.2, -0.15) is 0 Å². The first-order valence-corrected chi connectivity index (χ1v) is 11.2. The van der Waals surface area contributed by atoms with Gasteiger partial charge in [0.25, 0.3) is 0 Å². The summed E-state index contributed by atoms with van der Waals surface area (Å²) in [6, 6.07) is 7.63. The van der Waals surface area contributed by atoms with E-state index in [2.05, 4.69) is 25.3 Å². The molecule has 0 atom stereocenters. The first kappa shape index (κ1) is 20.4. The summed E-state index contributed by atoms with van der Waals surface area (Å²) in [5.41, 5.74) is 0. The van der Waals surface area contributed by atoms with Crippen LogP contribution in [0.2, 0.25) is 0 Å². The van der Waals surface area contributed by atoms with Crippen LogP contribution in [0.1, 0.15) is 12.8 Å². The number of halogens is 2. The molecule has 1 rings (SSSR count). The Morgan fingerprint density at radius 3 is 1.20 bits per heavy atom. The van der Waals surface area contributed by atoms with Crippen molar-refractivity contribution in [1.82, 2.24) is 0 Å². The lowest BCUT2D eigenvalue weighted by Gasteiger charge is -1.95. The van der Waals surface area contributed by atoms with Crippen molar-refractivity contribution >= 4 is 64.7 Å².